The van der Waals surface area contributed by atoms with Gasteiger partial charge in [0.2, 0.25) is 0 Å². The number of hydrogen-bond acceptors (Lipinski definition) is 4. The molecule has 1 aromatic heterocycles. The quantitative estimate of drug-likeness (QED) is 0.810. The van der Waals surface area contributed by atoms with Gasteiger partial charge in [0, 0.05) is 30.8 Å². The monoisotopic (exact) mass is 238 g/mol. The maximum atomic E-state index is 11.2. The van der Waals surface area contributed by atoms with Gasteiger partial charge in [-0.2, -0.15) is 0 Å². The highest BCUT2D eigenvalue weighted by molar-refractivity contribution is 7.09. The van der Waals surface area contributed by atoms with E-state index in [-0.39, 0.29) is 0 Å². The normalized spacial score (nSPS) is 18.3. The lowest BCUT2D eigenvalue weighted by Crippen LogP contribution is -2.34. The van der Waals surface area contributed by atoms with Crippen LogP contribution in [0.3, 0.4) is 0 Å². The van der Waals surface area contributed by atoms with E-state index in [9.17, 15) is 4.79 Å². The van der Waals surface area contributed by atoms with Crippen molar-refractivity contribution >= 4 is 17.1 Å². The van der Waals surface area contributed by atoms with Gasteiger partial charge in [-0.05, 0) is 26.8 Å². The minimum Gasteiger partial charge on any atom is -0.300 e. The first-order valence-corrected chi connectivity index (χ1v) is 6.66. The highest BCUT2D eigenvalue weighted by Crippen LogP contribution is 2.21. The van der Waals surface area contributed by atoms with Crippen molar-refractivity contribution in [3.05, 3.63) is 16.1 Å². The molecule has 0 aliphatic heterocycles. The first-order chi connectivity index (χ1) is 7.65. The second-order valence-electron chi connectivity index (χ2n) is 4.54. The number of rotatable bonds is 3. The number of carbonyl (C=O) groups excluding carboxylic acids is 1. The molecule has 1 saturated carbocycles. The van der Waals surface area contributed by atoms with Gasteiger partial charge in [0.15, 0.2) is 0 Å². The number of Topliss-reactive ketones (excluding diaryl/α,β-unsaturated/α-hetero) is 1. The Labute approximate surface area is 100 Å². The summed E-state index contributed by atoms with van der Waals surface area (Å²) in [7, 11) is 2.13. The van der Waals surface area contributed by atoms with E-state index in [4.69, 9.17) is 0 Å². The third kappa shape index (κ3) is 2.89. The molecular weight excluding hydrogens is 220 g/mol. The number of aromatic nitrogens is 1. The average Bonchev–Trinajstić information content (AvgIpc) is 2.65. The van der Waals surface area contributed by atoms with Gasteiger partial charge in [0.25, 0.3) is 0 Å². The zero-order chi connectivity index (χ0) is 11.5. The molecule has 88 valence electrons. The van der Waals surface area contributed by atoms with Crippen molar-refractivity contribution < 1.29 is 4.79 Å². The molecular formula is C12H18N2OS. The summed E-state index contributed by atoms with van der Waals surface area (Å²) in [6.45, 7) is 2.94. The molecule has 1 aromatic rings. The zero-order valence-corrected chi connectivity index (χ0v) is 10.7. The molecule has 0 atom stereocenters. The largest absolute Gasteiger partial charge is 0.300 e. The van der Waals surface area contributed by atoms with E-state index in [1.165, 1.54) is 0 Å². The van der Waals surface area contributed by atoms with Gasteiger partial charge >= 0.3 is 0 Å². The molecule has 2 rings (SSSR count). The number of nitrogens with zero attached hydrogens (tertiary/aromatic N) is 2. The van der Waals surface area contributed by atoms with E-state index in [0.29, 0.717) is 11.8 Å². The summed E-state index contributed by atoms with van der Waals surface area (Å²) in [5, 5.41) is 3.25. The molecule has 0 aromatic carbocycles. The summed E-state index contributed by atoms with van der Waals surface area (Å²) in [5.74, 6) is 0.425. The number of aryl methyl sites for hydroxylation is 1. The van der Waals surface area contributed by atoms with Crippen LogP contribution in [0.5, 0.6) is 0 Å². The minimum absolute atomic E-state index is 0.425. The number of carbonyl (C=O) groups is 1. The van der Waals surface area contributed by atoms with E-state index >= 15 is 0 Å². The van der Waals surface area contributed by atoms with Crippen LogP contribution in [0.1, 0.15) is 36.4 Å². The molecule has 3 nitrogen and oxygen atoms in total. The summed E-state index contributed by atoms with van der Waals surface area (Å²) < 4.78 is 0. The minimum atomic E-state index is 0.425. The van der Waals surface area contributed by atoms with Crippen LogP contribution >= 0.6 is 11.3 Å². The Kier molecular flexibility index (Phi) is 3.71. The Morgan fingerprint density at radius 2 is 2.19 bits per heavy atom. The Morgan fingerprint density at radius 1 is 1.50 bits per heavy atom. The second kappa shape index (κ2) is 5.06. The van der Waals surface area contributed by atoms with E-state index in [1.54, 1.807) is 11.3 Å². The standard InChI is InChI=1S/C12H18N2OS/c1-9-13-10(8-16-9)7-14(2)11-3-5-12(15)6-4-11/h8,11H,3-7H2,1-2H3. The maximum Gasteiger partial charge on any atom is 0.133 e. The van der Waals surface area contributed by atoms with Crippen LogP contribution in [-0.2, 0) is 11.3 Å². The Balaban J connectivity index is 1.88. The van der Waals surface area contributed by atoms with Crippen LogP contribution in [0.15, 0.2) is 5.38 Å². The molecule has 0 unspecified atom stereocenters. The molecule has 1 heterocycles. The first-order valence-electron chi connectivity index (χ1n) is 5.78. The average molecular weight is 238 g/mol. The lowest BCUT2D eigenvalue weighted by molar-refractivity contribution is -0.121. The topological polar surface area (TPSA) is 33.2 Å². The summed E-state index contributed by atoms with van der Waals surface area (Å²) in [6.07, 6.45) is 3.53. The number of thiazole rings is 1. The fourth-order valence-corrected chi connectivity index (χ4v) is 2.83. The van der Waals surface area contributed by atoms with E-state index in [2.05, 4.69) is 22.3 Å². The van der Waals surface area contributed by atoms with Crippen LogP contribution < -0.4 is 0 Å². The Bertz CT molecular complexity index is 365. The molecule has 0 saturated heterocycles. The third-order valence-electron chi connectivity index (χ3n) is 3.21. The van der Waals surface area contributed by atoms with E-state index in [0.717, 1.165) is 42.9 Å². The highest BCUT2D eigenvalue weighted by Gasteiger charge is 2.22. The van der Waals surface area contributed by atoms with Gasteiger partial charge in [-0.15, -0.1) is 11.3 Å². The summed E-state index contributed by atoms with van der Waals surface area (Å²) in [4.78, 5) is 18.0. The molecule has 0 bridgehead atoms. The molecule has 16 heavy (non-hydrogen) atoms. The fraction of sp³-hybridized carbons (Fsp3) is 0.667. The summed E-state index contributed by atoms with van der Waals surface area (Å²) in [6, 6.07) is 0.555. The molecule has 4 heteroatoms. The van der Waals surface area contributed by atoms with E-state index in [1.807, 2.05) is 6.92 Å². The molecule has 1 fully saturated rings. The SMILES string of the molecule is Cc1nc(CN(C)C2CCC(=O)CC2)cs1. The van der Waals surface area contributed by atoms with Crippen molar-refractivity contribution in [2.45, 2.75) is 45.2 Å². The lowest BCUT2D eigenvalue weighted by Gasteiger charge is -2.30. The maximum absolute atomic E-state index is 11.2. The van der Waals surface area contributed by atoms with Crippen molar-refractivity contribution in [1.82, 2.24) is 9.88 Å². The van der Waals surface area contributed by atoms with Gasteiger partial charge in [-0.1, -0.05) is 0 Å². The zero-order valence-electron chi connectivity index (χ0n) is 9.90. The van der Waals surface area contributed by atoms with Crippen LogP contribution in [0, 0.1) is 6.92 Å². The first kappa shape index (κ1) is 11.7. The van der Waals surface area contributed by atoms with Crippen LogP contribution in [0.2, 0.25) is 0 Å². The predicted octanol–water partition coefficient (Wildman–Crippen LogP) is 2.40. The van der Waals surface area contributed by atoms with Crippen molar-refractivity contribution in [3.8, 4) is 0 Å². The fourth-order valence-electron chi connectivity index (χ4n) is 2.23. The highest BCUT2D eigenvalue weighted by atomic mass is 32.1. The Morgan fingerprint density at radius 3 is 2.75 bits per heavy atom. The van der Waals surface area contributed by atoms with Crippen molar-refractivity contribution in [2.75, 3.05) is 7.05 Å². The second-order valence-corrected chi connectivity index (χ2v) is 5.61. The van der Waals surface area contributed by atoms with Crippen molar-refractivity contribution in [3.63, 3.8) is 0 Å². The van der Waals surface area contributed by atoms with Crippen LogP contribution in [0.4, 0.5) is 0 Å². The van der Waals surface area contributed by atoms with Crippen LogP contribution in [-0.4, -0.2) is 28.8 Å². The Hall–Kier alpha value is -0.740. The van der Waals surface area contributed by atoms with Gasteiger partial charge in [0.05, 0.1) is 10.7 Å². The summed E-state index contributed by atoms with van der Waals surface area (Å²) >= 11 is 1.70. The van der Waals surface area contributed by atoms with E-state index < -0.39 is 0 Å². The van der Waals surface area contributed by atoms with Gasteiger partial charge in [0.1, 0.15) is 5.78 Å². The number of hydrogen-bond donors (Lipinski definition) is 0. The lowest BCUT2D eigenvalue weighted by atomic mass is 9.93. The molecule has 0 spiro atoms. The van der Waals surface area contributed by atoms with Gasteiger partial charge in [-0.25, -0.2) is 4.98 Å². The predicted molar refractivity (Wildman–Crippen MR) is 65.6 cm³/mol. The molecule has 0 amide bonds. The summed E-state index contributed by atoms with van der Waals surface area (Å²) in [5.41, 5.74) is 1.15. The number of ketones is 1. The van der Waals surface area contributed by atoms with Crippen molar-refractivity contribution in [1.29, 1.82) is 0 Å². The third-order valence-corrected chi connectivity index (χ3v) is 4.04. The molecule has 1 aliphatic carbocycles. The molecule has 0 radical (unpaired) electrons. The smallest absolute Gasteiger partial charge is 0.133 e. The van der Waals surface area contributed by atoms with Gasteiger partial charge in [-0.3, -0.25) is 9.69 Å². The van der Waals surface area contributed by atoms with Crippen LogP contribution in [0.25, 0.3) is 0 Å². The molecule has 0 N–H and O–H groups in total. The van der Waals surface area contributed by atoms with Crippen molar-refractivity contribution in [2.24, 2.45) is 0 Å². The van der Waals surface area contributed by atoms with Gasteiger partial charge < -0.3 is 0 Å². The molecule has 1 aliphatic rings.